The molecule has 0 amide bonds. The van der Waals surface area contributed by atoms with Gasteiger partial charge in [-0.25, -0.2) is 17.5 Å². The molecule has 0 unspecified atom stereocenters. The van der Waals surface area contributed by atoms with E-state index in [0.29, 0.717) is 12.0 Å². The number of furan rings is 1. The van der Waals surface area contributed by atoms with Crippen molar-refractivity contribution >= 4 is 10.0 Å². The van der Waals surface area contributed by atoms with Gasteiger partial charge in [0.25, 0.3) is 0 Å². The van der Waals surface area contributed by atoms with Gasteiger partial charge in [-0.2, -0.15) is 0 Å². The van der Waals surface area contributed by atoms with Crippen molar-refractivity contribution in [3.63, 3.8) is 0 Å². The van der Waals surface area contributed by atoms with Crippen molar-refractivity contribution in [1.82, 2.24) is 4.72 Å². The molecule has 2 N–H and O–H groups in total. The van der Waals surface area contributed by atoms with Gasteiger partial charge in [0.05, 0.1) is 0 Å². The Kier molecular flexibility index (Phi) is 4.76. The number of halogens is 1. The first kappa shape index (κ1) is 15.7. The van der Waals surface area contributed by atoms with Crippen molar-refractivity contribution in [2.75, 3.05) is 6.54 Å². The summed E-state index contributed by atoms with van der Waals surface area (Å²) in [5.74, 6) is 0.0592. The largest absolute Gasteiger partial charge is 0.462 e. The van der Waals surface area contributed by atoms with Gasteiger partial charge in [-0.3, -0.25) is 0 Å². The number of hydrogen-bond donors (Lipinski definition) is 2. The number of aryl methyl sites for hydroxylation is 1. The summed E-state index contributed by atoms with van der Waals surface area (Å²) in [7, 11) is -3.71. The van der Waals surface area contributed by atoms with Crippen molar-refractivity contribution < 1.29 is 22.3 Å². The minimum atomic E-state index is -3.71. The van der Waals surface area contributed by atoms with Crippen molar-refractivity contribution in [3.8, 4) is 0 Å². The van der Waals surface area contributed by atoms with Gasteiger partial charge >= 0.3 is 0 Å². The zero-order valence-electron chi connectivity index (χ0n) is 11.5. The Hall–Kier alpha value is -1.70. The van der Waals surface area contributed by atoms with Crippen LogP contribution >= 0.6 is 0 Å². The molecule has 0 aliphatic rings. The second-order valence-corrected chi connectivity index (χ2v) is 6.30. The zero-order valence-corrected chi connectivity index (χ0v) is 12.3. The molecule has 0 saturated carbocycles. The molecule has 0 atom stereocenters. The summed E-state index contributed by atoms with van der Waals surface area (Å²) < 4.78 is 44.8. The molecule has 2 aromatic rings. The van der Waals surface area contributed by atoms with Crippen molar-refractivity contribution in [2.45, 2.75) is 24.8 Å². The summed E-state index contributed by atoms with van der Waals surface area (Å²) in [5, 5.41) is 8.95. The third kappa shape index (κ3) is 3.90. The van der Waals surface area contributed by atoms with E-state index in [0.717, 1.165) is 0 Å². The summed E-state index contributed by atoms with van der Waals surface area (Å²) in [6.07, 6.45) is 0.376. The molecule has 21 heavy (non-hydrogen) atoms. The minimum absolute atomic E-state index is 0.00536. The average Bonchev–Trinajstić information content (AvgIpc) is 2.81. The van der Waals surface area contributed by atoms with Crippen LogP contribution in [0.4, 0.5) is 4.39 Å². The van der Waals surface area contributed by atoms with Crippen LogP contribution in [0.3, 0.4) is 0 Å². The van der Waals surface area contributed by atoms with Gasteiger partial charge in [0.2, 0.25) is 10.0 Å². The van der Waals surface area contributed by atoms with Crippen molar-refractivity contribution in [2.24, 2.45) is 0 Å². The molecule has 5 nitrogen and oxygen atoms in total. The van der Waals surface area contributed by atoms with E-state index in [-0.39, 0.29) is 35.4 Å². The van der Waals surface area contributed by atoms with E-state index in [9.17, 15) is 12.8 Å². The molecule has 0 bridgehead atoms. The van der Waals surface area contributed by atoms with Crippen LogP contribution in [0.1, 0.15) is 17.1 Å². The first-order valence-electron chi connectivity index (χ1n) is 6.36. The van der Waals surface area contributed by atoms with Gasteiger partial charge in [0.15, 0.2) is 0 Å². The van der Waals surface area contributed by atoms with E-state index in [1.807, 2.05) is 0 Å². The Bertz CT molecular complexity index is 724. The molecule has 0 aliphatic carbocycles. The topological polar surface area (TPSA) is 79.5 Å². The van der Waals surface area contributed by atoms with Crippen molar-refractivity contribution in [3.05, 3.63) is 53.2 Å². The predicted molar refractivity (Wildman–Crippen MR) is 74.7 cm³/mol. The monoisotopic (exact) mass is 313 g/mol. The number of sulfonamides is 1. The average molecular weight is 313 g/mol. The van der Waals surface area contributed by atoms with E-state index in [1.54, 1.807) is 12.1 Å². The number of nitrogens with one attached hydrogen (secondary N) is 1. The molecular weight excluding hydrogens is 297 g/mol. The van der Waals surface area contributed by atoms with Crippen LogP contribution < -0.4 is 4.72 Å². The Morgan fingerprint density at radius 1 is 1.33 bits per heavy atom. The first-order valence-corrected chi connectivity index (χ1v) is 7.85. The SMILES string of the molecule is Cc1oc(CO)cc1S(=O)(=O)NCCc1cccc(F)c1. The van der Waals surface area contributed by atoms with E-state index >= 15 is 0 Å². The normalized spacial score (nSPS) is 11.8. The third-order valence-electron chi connectivity index (χ3n) is 2.96. The van der Waals surface area contributed by atoms with Gasteiger partial charge in [0, 0.05) is 12.6 Å². The number of aliphatic hydroxyl groups excluding tert-OH is 1. The third-order valence-corrected chi connectivity index (χ3v) is 4.53. The van der Waals surface area contributed by atoms with Gasteiger partial charge in [0.1, 0.15) is 28.8 Å². The van der Waals surface area contributed by atoms with Gasteiger partial charge in [-0.05, 0) is 31.0 Å². The van der Waals surface area contributed by atoms with Crippen LogP contribution in [-0.4, -0.2) is 20.1 Å². The van der Waals surface area contributed by atoms with Crippen LogP contribution in [0.25, 0.3) is 0 Å². The van der Waals surface area contributed by atoms with E-state index in [1.165, 1.54) is 25.1 Å². The maximum absolute atomic E-state index is 13.0. The van der Waals surface area contributed by atoms with Crippen molar-refractivity contribution in [1.29, 1.82) is 0 Å². The molecule has 0 spiro atoms. The maximum Gasteiger partial charge on any atom is 0.244 e. The fourth-order valence-electron chi connectivity index (χ4n) is 1.97. The summed E-state index contributed by atoms with van der Waals surface area (Å²) in [6, 6.07) is 7.29. The molecule has 0 aliphatic heterocycles. The lowest BCUT2D eigenvalue weighted by Gasteiger charge is -2.05. The standard InChI is InChI=1S/C14H16FNO4S/c1-10-14(8-13(9-17)20-10)21(18,19)16-6-5-11-3-2-4-12(15)7-11/h2-4,7-8,16-17H,5-6,9H2,1H3. The second-order valence-electron chi connectivity index (χ2n) is 4.57. The lowest BCUT2D eigenvalue weighted by molar-refractivity contribution is 0.244. The molecule has 0 radical (unpaired) electrons. The Balaban J connectivity index is 2.03. The van der Waals surface area contributed by atoms with Crippen LogP contribution in [-0.2, 0) is 23.1 Å². The van der Waals surface area contributed by atoms with Gasteiger partial charge < -0.3 is 9.52 Å². The van der Waals surface area contributed by atoms with Gasteiger partial charge in [-0.1, -0.05) is 12.1 Å². The molecular formula is C14H16FNO4S. The van der Waals surface area contributed by atoms with E-state index in [4.69, 9.17) is 9.52 Å². The number of aliphatic hydroxyl groups is 1. The quantitative estimate of drug-likeness (QED) is 0.851. The smallest absolute Gasteiger partial charge is 0.244 e. The Labute approximate surface area is 122 Å². The van der Waals surface area contributed by atoms with Crippen LogP contribution in [0.5, 0.6) is 0 Å². The molecule has 1 aromatic carbocycles. The van der Waals surface area contributed by atoms with E-state index < -0.39 is 10.0 Å². The number of rotatable bonds is 6. The molecule has 114 valence electrons. The lowest BCUT2D eigenvalue weighted by atomic mass is 10.1. The Morgan fingerprint density at radius 3 is 2.71 bits per heavy atom. The number of benzene rings is 1. The molecule has 0 fully saturated rings. The maximum atomic E-state index is 13.0. The highest BCUT2D eigenvalue weighted by Gasteiger charge is 2.20. The molecule has 2 rings (SSSR count). The highest BCUT2D eigenvalue weighted by Crippen LogP contribution is 2.19. The molecule has 0 saturated heterocycles. The first-order chi connectivity index (χ1) is 9.92. The van der Waals surface area contributed by atoms with Crippen LogP contribution in [0, 0.1) is 12.7 Å². The molecule has 1 heterocycles. The van der Waals surface area contributed by atoms with Crippen LogP contribution in [0.15, 0.2) is 39.6 Å². The van der Waals surface area contributed by atoms with Crippen LogP contribution in [0.2, 0.25) is 0 Å². The molecule has 1 aromatic heterocycles. The predicted octanol–water partition coefficient (Wildman–Crippen LogP) is 1.74. The second kappa shape index (κ2) is 6.38. The zero-order chi connectivity index (χ0) is 15.5. The summed E-state index contributed by atoms with van der Waals surface area (Å²) in [4.78, 5) is 0.00536. The molecule has 7 heteroatoms. The van der Waals surface area contributed by atoms with Gasteiger partial charge in [-0.15, -0.1) is 0 Å². The summed E-state index contributed by atoms with van der Waals surface area (Å²) >= 11 is 0. The minimum Gasteiger partial charge on any atom is -0.462 e. The highest BCUT2D eigenvalue weighted by atomic mass is 32.2. The number of hydrogen-bond acceptors (Lipinski definition) is 4. The summed E-state index contributed by atoms with van der Waals surface area (Å²) in [5.41, 5.74) is 0.706. The highest BCUT2D eigenvalue weighted by molar-refractivity contribution is 7.89. The summed E-state index contributed by atoms with van der Waals surface area (Å²) in [6.45, 7) is 1.30. The van der Waals surface area contributed by atoms with E-state index in [2.05, 4.69) is 4.72 Å². The lowest BCUT2D eigenvalue weighted by Crippen LogP contribution is -2.26. The Morgan fingerprint density at radius 2 is 2.10 bits per heavy atom. The fourth-order valence-corrected chi connectivity index (χ4v) is 3.20. The fraction of sp³-hybridized carbons (Fsp3) is 0.286.